The van der Waals surface area contributed by atoms with Crippen LogP contribution in [0.2, 0.25) is 5.02 Å². The summed E-state index contributed by atoms with van der Waals surface area (Å²) >= 11 is 11.3. The Morgan fingerprint density at radius 1 is 1.29 bits per heavy atom. The second-order valence-corrected chi connectivity index (χ2v) is 6.70. The molecular weight excluding hydrogens is 302 g/mol. The van der Waals surface area contributed by atoms with Gasteiger partial charge in [-0.2, -0.15) is 0 Å². The molecule has 5 heteroatoms. The van der Waals surface area contributed by atoms with Gasteiger partial charge in [-0.15, -0.1) is 0 Å². The summed E-state index contributed by atoms with van der Waals surface area (Å²) in [4.78, 5) is 2.52. The number of benzene rings is 1. The van der Waals surface area contributed by atoms with Crippen molar-refractivity contribution in [2.45, 2.75) is 45.3 Å². The minimum absolute atomic E-state index is 0.491. The van der Waals surface area contributed by atoms with Crippen molar-refractivity contribution in [2.75, 3.05) is 13.1 Å². The topological polar surface area (TPSA) is 27.3 Å². The first-order chi connectivity index (χ1) is 10.0. The lowest BCUT2D eigenvalue weighted by Crippen LogP contribution is -2.48. The van der Waals surface area contributed by atoms with Gasteiger partial charge in [-0.3, -0.25) is 0 Å². The Labute approximate surface area is 138 Å². The highest BCUT2D eigenvalue weighted by Gasteiger charge is 2.20. The molecule has 1 saturated heterocycles. The van der Waals surface area contributed by atoms with Crippen LogP contribution in [0, 0.1) is 0 Å². The molecule has 2 N–H and O–H groups in total. The predicted octanol–water partition coefficient (Wildman–Crippen LogP) is 3.18. The van der Waals surface area contributed by atoms with Crippen LogP contribution in [-0.2, 0) is 6.54 Å². The molecule has 0 unspecified atom stereocenters. The molecule has 21 heavy (non-hydrogen) atoms. The molecule has 1 aromatic carbocycles. The monoisotopic (exact) mass is 325 g/mol. The van der Waals surface area contributed by atoms with E-state index in [0.29, 0.717) is 12.1 Å². The van der Waals surface area contributed by atoms with Gasteiger partial charge in [0.15, 0.2) is 5.11 Å². The molecule has 0 aliphatic carbocycles. The molecule has 1 aliphatic rings. The van der Waals surface area contributed by atoms with Crippen LogP contribution in [0.3, 0.4) is 0 Å². The lowest BCUT2D eigenvalue weighted by atomic mass is 10.0. The highest BCUT2D eigenvalue weighted by atomic mass is 35.5. The maximum atomic E-state index is 5.87. The fraction of sp³-hybridized carbons (Fsp3) is 0.562. The van der Waals surface area contributed by atoms with E-state index in [1.54, 1.807) is 0 Å². The van der Waals surface area contributed by atoms with Crippen LogP contribution >= 0.6 is 23.8 Å². The lowest BCUT2D eigenvalue weighted by molar-refractivity contribution is 0.167. The summed E-state index contributed by atoms with van der Waals surface area (Å²) in [5, 5.41) is 8.19. The first kappa shape index (κ1) is 16.5. The normalized spacial score (nSPS) is 17.0. The molecule has 116 valence electrons. The quantitative estimate of drug-likeness (QED) is 0.831. The number of rotatable bonds is 4. The molecule has 1 aromatic rings. The summed E-state index contributed by atoms with van der Waals surface area (Å²) in [6, 6.07) is 8.96. The number of thiocarbonyl (C=S) groups is 1. The van der Waals surface area contributed by atoms with Crippen LogP contribution in [-0.4, -0.2) is 35.2 Å². The second kappa shape index (κ2) is 7.97. The fourth-order valence-corrected chi connectivity index (χ4v) is 2.95. The summed E-state index contributed by atoms with van der Waals surface area (Å²) in [5.41, 5.74) is 1.18. The van der Waals surface area contributed by atoms with Gasteiger partial charge in [-0.1, -0.05) is 23.7 Å². The van der Waals surface area contributed by atoms with Gasteiger partial charge in [-0.25, -0.2) is 0 Å². The maximum absolute atomic E-state index is 5.87. The Bertz CT molecular complexity index is 453. The molecule has 0 bridgehead atoms. The van der Waals surface area contributed by atoms with E-state index >= 15 is 0 Å². The van der Waals surface area contributed by atoms with Crippen molar-refractivity contribution < 1.29 is 0 Å². The van der Waals surface area contributed by atoms with Crippen molar-refractivity contribution >= 4 is 28.9 Å². The molecule has 2 rings (SSSR count). The Balaban J connectivity index is 1.69. The van der Waals surface area contributed by atoms with Crippen molar-refractivity contribution in [3.63, 3.8) is 0 Å². The molecule has 0 saturated carbocycles. The fourth-order valence-electron chi connectivity index (χ4n) is 2.58. The standard InChI is InChI=1S/C16H24ClN3S/c1-12(2)20-9-7-15(8-10-20)19-16(21)18-11-13-3-5-14(17)6-4-13/h3-6,12,15H,7-11H2,1-2H3,(H2,18,19,21). The van der Waals surface area contributed by atoms with Crippen LogP contribution in [0.5, 0.6) is 0 Å². The molecule has 0 atom stereocenters. The SMILES string of the molecule is CC(C)N1CCC(NC(=S)NCc2ccc(Cl)cc2)CC1. The number of halogens is 1. The summed E-state index contributed by atoms with van der Waals surface area (Å²) in [7, 11) is 0. The first-order valence-corrected chi connectivity index (χ1v) is 8.36. The van der Waals surface area contributed by atoms with Gasteiger partial charge in [-0.05, 0) is 56.6 Å². The van der Waals surface area contributed by atoms with E-state index < -0.39 is 0 Å². The molecule has 1 heterocycles. The van der Waals surface area contributed by atoms with Gasteiger partial charge in [0.2, 0.25) is 0 Å². The molecule has 0 amide bonds. The third-order valence-electron chi connectivity index (χ3n) is 3.96. The first-order valence-electron chi connectivity index (χ1n) is 7.57. The van der Waals surface area contributed by atoms with Gasteiger partial charge in [0.05, 0.1) is 0 Å². The summed E-state index contributed by atoms with van der Waals surface area (Å²) in [6.45, 7) is 7.54. The average Bonchev–Trinajstić information content (AvgIpc) is 2.47. The number of nitrogens with zero attached hydrogens (tertiary/aromatic N) is 1. The lowest BCUT2D eigenvalue weighted by Gasteiger charge is -2.35. The van der Waals surface area contributed by atoms with Crippen molar-refractivity contribution in [3.05, 3.63) is 34.9 Å². The van der Waals surface area contributed by atoms with Gasteiger partial charge in [0.25, 0.3) is 0 Å². The Morgan fingerprint density at radius 3 is 2.48 bits per heavy atom. The van der Waals surface area contributed by atoms with Crippen molar-refractivity contribution in [1.82, 2.24) is 15.5 Å². The van der Waals surface area contributed by atoms with Gasteiger partial charge in [0, 0.05) is 36.7 Å². The average molecular weight is 326 g/mol. The van der Waals surface area contributed by atoms with Crippen molar-refractivity contribution in [1.29, 1.82) is 0 Å². The molecule has 3 nitrogen and oxygen atoms in total. The predicted molar refractivity (Wildman–Crippen MR) is 93.8 cm³/mol. The Hall–Kier alpha value is -0.840. The molecule has 0 spiro atoms. The van der Waals surface area contributed by atoms with E-state index in [2.05, 4.69) is 29.4 Å². The zero-order chi connectivity index (χ0) is 15.2. The summed E-state index contributed by atoms with van der Waals surface area (Å²) < 4.78 is 0. The van der Waals surface area contributed by atoms with E-state index in [-0.39, 0.29) is 0 Å². The van der Waals surface area contributed by atoms with E-state index in [4.69, 9.17) is 23.8 Å². The van der Waals surface area contributed by atoms with Crippen molar-refractivity contribution in [2.24, 2.45) is 0 Å². The van der Waals surface area contributed by atoms with Gasteiger partial charge in [0.1, 0.15) is 0 Å². The summed E-state index contributed by atoms with van der Waals surface area (Å²) in [6.07, 6.45) is 2.31. The number of likely N-dealkylation sites (tertiary alicyclic amines) is 1. The number of hydrogen-bond acceptors (Lipinski definition) is 2. The van der Waals surface area contributed by atoms with Gasteiger partial charge < -0.3 is 15.5 Å². The van der Waals surface area contributed by atoms with Crippen LogP contribution < -0.4 is 10.6 Å². The highest BCUT2D eigenvalue weighted by Crippen LogP contribution is 2.13. The van der Waals surface area contributed by atoms with E-state index in [1.165, 1.54) is 5.56 Å². The number of nitrogens with one attached hydrogen (secondary N) is 2. The van der Waals surface area contributed by atoms with Crippen molar-refractivity contribution in [3.8, 4) is 0 Å². The van der Waals surface area contributed by atoms with Crippen LogP contribution in [0.1, 0.15) is 32.3 Å². The maximum Gasteiger partial charge on any atom is 0.166 e. The van der Waals surface area contributed by atoms with Gasteiger partial charge >= 0.3 is 0 Å². The van der Waals surface area contributed by atoms with E-state index in [9.17, 15) is 0 Å². The van der Waals surface area contributed by atoms with Crippen LogP contribution in [0.15, 0.2) is 24.3 Å². The van der Waals surface area contributed by atoms with E-state index in [0.717, 1.165) is 42.6 Å². The Morgan fingerprint density at radius 2 is 1.90 bits per heavy atom. The molecule has 1 fully saturated rings. The Kier molecular flexibility index (Phi) is 6.27. The summed E-state index contributed by atoms with van der Waals surface area (Å²) in [5.74, 6) is 0. The minimum atomic E-state index is 0.491. The minimum Gasteiger partial charge on any atom is -0.360 e. The molecule has 1 aliphatic heterocycles. The largest absolute Gasteiger partial charge is 0.360 e. The third kappa shape index (κ3) is 5.46. The molecule has 0 radical (unpaired) electrons. The zero-order valence-corrected chi connectivity index (χ0v) is 14.3. The molecular formula is C16H24ClN3S. The second-order valence-electron chi connectivity index (χ2n) is 5.86. The molecule has 0 aromatic heterocycles. The number of hydrogen-bond donors (Lipinski definition) is 2. The smallest absolute Gasteiger partial charge is 0.166 e. The zero-order valence-electron chi connectivity index (χ0n) is 12.7. The highest BCUT2D eigenvalue weighted by molar-refractivity contribution is 7.80. The number of piperidine rings is 1. The van der Waals surface area contributed by atoms with Crippen LogP contribution in [0.4, 0.5) is 0 Å². The van der Waals surface area contributed by atoms with E-state index in [1.807, 2.05) is 24.3 Å². The van der Waals surface area contributed by atoms with Crippen LogP contribution in [0.25, 0.3) is 0 Å². The third-order valence-corrected chi connectivity index (χ3v) is 4.48.